The van der Waals surface area contributed by atoms with E-state index in [9.17, 15) is 14.0 Å². The number of carbonyl (C=O) groups excluding carboxylic acids is 1. The minimum absolute atomic E-state index is 0.00610. The highest BCUT2D eigenvalue weighted by atomic mass is 79.9. The van der Waals surface area contributed by atoms with E-state index in [1.54, 1.807) is 18.2 Å². The number of ether oxygens (including phenoxy) is 1. The Morgan fingerprint density at radius 1 is 1.03 bits per heavy atom. The molecule has 1 aliphatic heterocycles. The van der Waals surface area contributed by atoms with Crippen LogP contribution in [0.3, 0.4) is 0 Å². The van der Waals surface area contributed by atoms with Gasteiger partial charge in [0.15, 0.2) is 5.43 Å². The van der Waals surface area contributed by atoms with E-state index in [2.05, 4.69) is 22.9 Å². The van der Waals surface area contributed by atoms with Gasteiger partial charge >= 0.3 is 0 Å². The van der Waals surface area contributed by atoms with Gasteiger partial charge in [-0.1, -0.05) is 47.8 Å². The molecule has 0 N–H and O–H groups in total. The fraction of sp³-hybridized carbons (Fsp3) is 0.214. The minimum Gasteiger partial charge on any atom is -0.494 e. The Morgan fingerprint density at radius 2 is 1.83 bits per heavy atom. The van der Waals surface area contributed by atoms with Crippen LogP contribution in [0, 0.1) is 5.82 Å². The van der Waals surface area contributed by atoms with Crippen molar-refractivity contribution in [1.82, 2.24) is 0 Å². The van der Waals surface area contributed by atoms with Crippen LogP contribution < -0.4 is 15.1 Å². The second-order valence-electron chi connectivity index (χ2n) is 8.50. The number of carbonyl (C=O) groups is 1. The number of unbranched alkanes of at least 4 members (excludes halogenated alkanes) is 2. The van der Waals surface area contributed by atoms with Gasteiger partial charge in [0.25, 0.3) is 5.91 Å². The molecule has 5 rings (SSSR count). The van der Waals surface area contributed by atoms with E-state index in [0.29, 0.717) is 34.6 Å². The molecule has 178 valence electrons. The molecule has 0 saturated carbocycles. The summed E-state index contributed by atoms with van der Waals surface area (Å²) in [4.78, 5) is 28.8. The van der Waals surface area contributed by atoms with Crippen molar-refractivity contribution < 1.29 is 18.3 Å². The first-order valence-corrected chi connectivity index (χ1v) is 12.4. The molecule has 1 atom stereocenters. The second-order valence-corrected chi connectivity index (χ2v) is 9.41. The Kier molecular flexibility index (Phi) is 6.43. The molecule has 0 aliphatic carbocycles. The van der Waals surface area contributed by atoms with Gasteiger partial charge in [-0.25, -0.2) is 4.39 Å². The van der Waals surface area contributed by atoms with Crippen LogP contribution in [0.1, 0.15) is 53.9 Å². The van der Waals surface area contributed by atoms with Gasteiger partial charge < -0.3 is 9.15 Å². The molecule has 1 aliphatic rings. The maximum absolute atomic E-state index is 13.7. The monoisotopic (exact) mass is 535 g/mol. The maximum atomic E-state index is 13.7. The van der Waals surface area contributed by atoms with Crippen LogP contribution in [-0.2, 0) is 0 Å². The summed E-state index contributed by atoms with van der Waals surface area (Å²) < 4.78 is 26.3. The number of rotatable bonds is 7. The molecule has 1 amide bonds. The van der Waals surface area contributed by atoms with Gasteiger partial charge in [0.1, 0.15) is 17.1 Å². The zero-order valence-corrected chi connectivity index (χ0v) is 20.7. The molecule has 0 saturated heterocycles. The van der Waals surface area contributed by atoms with Gasteiger partial charge in [0.05, 0.1) is 23.6 Å². The highest BCUT2D eigenvalue weighted by molar-refractivity contribution is 9.10. The maximum Gasteiger partial charge on any atom is 0.295 e. The first-order chi connectivity index (χ1) is 17.0. The second kappa shape index (κ2) is 9.66. The molecule has 2 heterocycles. The zero-order valence-electron chi connectivity index (χ0n) is 19.1. The van der Waals surface area contributed by atoms with Gasteiger partial charge in [0.2, 0.25) is 5.76 Å². The van der Waals surface area contributed by atoms with Gasteiger partial charge in [-0.3, -0.25) is 14.5 Å². The van der Waals surface area contributed by atoms with E-state index in [-0.39, 0.29) is 16.8 Å². The van der Waals surface area contributed by atoms with Crippen LogP contribution in [0.15, 0.2) is 80.4 Å². The van der Waals surface area contributed by atoms with Crippen LogP contribution in [0.25, 0.3) is 11.0 Å². The summed E-state index contributed by atoms with van der Waals surface area (Å²) in [6.45, 7) is 2.72. The van der Waals surface area contributed by atoms with Crippen molar-refractivity contribution in [3.8, 4) is 5.75 Å². The number of amides is 1. The number of halogens is 2. The molecule has 5 nitrogen and oxygen atoms in total. The number of nitrogens with zero attached hydrogens (tertiary/aromatic N) is 1. The molecule has 0 bridgehead atoms. The SMILES string of the molecule is CCCCCOc1cccc(C2c3c(oc4ccc(Br)cc4c3=O)C(=O)N2c2ccc(F)cc2)c1. The van der Waals surface area contributed by atoms with Crippen LogP contribution in [0.4, 0.5) is 10.1 Å². The molecule has 0 spiro atoms. The molecule has 35 heavy (non-hydrogen) atoms. The molecule has 4 aromatic rings. The van der Waals surface area contributed by atoms with Crippen LogP contribution >= 0.6 is 15.9 Å². The van der Waals surface area contributed by atoms with Crippen LogP contribution in [0.2, 0.25) is 0 Å². The predicted molar refractivity (Wildman–Crippen MR) is 137 cm³/mol. The predicted octanol–water partition coefficient (Wildman–Crippen LogP) is 7.01. The lowest BCUT2D eigenvalue weighted by Crippen LogP contribution is -2.29. The van der Waals surface area contributed by atoms with E-state index in [4.69, 9.17) is 9.15 Å². The van der Waals surface area contributed by atoms with Crippen LogP contribution in [-0.4, -0.2) is 12.5 Å². The van der Waals surface area contributed by atoms with Crippen molar-refractivity contribution in [2.45, 2.75) is 32.2 Å². The average molecular weight is 536 g/mol. The van der Waals surface area contributed by atoms with E-state index in [1.807, 2.05) is 24.3 Å². The fourth-order valence-electron chi connectivity index (χ4n) is 4.44. The number of hydrogen-bond donors (Lipinski definition) is 0. The third-order valence-corrected chi connectivity index (χ3v) is 6.62. The summed E-state index contributed by atoms with van der Waals surface area (Å²) in [5, 5.41) is 0.379. The molecule has 0 fully saturated rings. The van der Waals surface area contributed by atoms with Crippen molar-refractivity contribution >= 4 is 38.5 Å². The fourth-order valence-corrected chi connectivity index (χ4v) is 4.81. The Hall–Kier alpha value is -3.45. The summed E-state index contributed by atoms with van der Waals surface area (Å²) in [7, 11) is 0. The smallest absolute Gasteiger partial charge is 0.295 e. The number of fused-ring (bicyclic) bond motifs is 2. The molecule has 0 radical (unpaired) electrons. The van der Waals surface area contributed by atoms with Gasteiger partial charge in [-0.2, -0.15) is 0 Å². The largest absolute Gasteiger partial charge is 0.494 e. The molecule has 7 heteroatoms. The number of anilines is 1. The Balaban J connectivity index is 1.67. The third-order valence-electron chi connectivity index (χ3n) is 6.13. The summed E-state index contributed by atoms with van der Waals surface area (Å²) in [5.41, 5.74) is 1.48. The summed E-state index contributed by atoms with van der Waals surface area (Å²) in [6, 6.07) is 17.4. The molecular formula is C28H23BrFNO4. The summed E-state index contributed by atoms with van der Waals surface area (Å²) in [6.07, 6.45) is 3.11. The van der Waals surface area contributed by atoms with Crippen molar-refractivity contribution in [2.24, 2.45) is 0 Å². The lowest BCUT2D eigenvalue weighted by Gasteiger charge is -2.25. The molecule has 3 aromatic carbocycles. The van der Waals surface area contributed by atoms with E-state index < -0.39 is 17.8 Å². The lowest BCUT2D eigenvalue weighted by molar-refractivity contribution is 0.0971. The van der Waals surface area contributed by atoms with Crippen molar-refractivity contribution in [3.05, 3.63) is 104 Å². The molecule has 1 aromatic heterocycles. The van der Waals surface area contributed by atoms with Crippen LogP contribution in [0.5, 0.6) is 5.75 Å². The van der Waals surface area contributed by atoms with Gasteiger partial charge in [-0.15, -0.1) is 0 Å². The Labute approximate surface area is 210 Å². The van der Waals surface area contributed by atoms with E-state index in [1.165, 1.54) is 29.2 Å². The molecule has 1 unspecified atom stereocenters. The van der Waals surface area contributed by atoms with E-state index in [0.717, 1.165) is 23.7 Å². The van der Waals surface area contributed by atoms with E-state index >= 15 is 0 Å². The number of benzene rings is 3. The standard InChI is InChI=1S/C28H23BrFNO4/c1-2-3-4-14-34-21-7-5-6-17(15-21)25-24-26(32)22-16-18(29)8-13-23(22)35-27(24)28(33)31(25)20-11-9-19(30)10-12-20/h5-13,15-16,25H,2-4,14H2,1H3. The lowest BCUT2D eigenvalue weighted by atomic mass is 9.98. The normalized spacial score (nSPS) is 15.0. The highest BCUT2D eigenvalue weighted by Crippen LogP contribution is 2.42. The first-order valence-electron chi connectivity index (χ1n) is 11.6. The number of hydrogen-bond acceptors (Lipinski definition) is 4. The van der Waals surface area contributed by atoms with Crippen molar-refractivity contribution in [1.29, 1.82) is 0 Å². The summed E-state index contributed by atoms with van der Waals surface area (Å²) in [5.74, 6) is -0.214. The minimum atomic E-state index is -0.748. The van der Waals surface area contributed by atoms with Crippen molar-refractivity contribution in [2.75, 3.05) is 11.5 Å². The summed E-state index contributed by atoms with van der Waals surface area (Å²) >= 11 is 3.41. The average Bonchev–Trinajstić information content (AvgIpc) is 3.15. The van der Waals surface area contributed by atoms with Gasteiger partial charge in [-0.05, 0) is 66.6 Å². The molecular weight excluding hydrogens is 513 g/mol. The third kappa shape index (κ3) is 4.36. The van der Waals surface area contributed by atoms with Gasteiger partial charge in [0, 0.05) is 10.2 Å². The Morgan fingerprint density at radius 3 is 2.60 bits per heavy atom. The first kappa shape index (κ1) is 23.3. The Bertz CT molecular complexity index is 1460. The topological polar surface area (TPSA) is 59.8 Å². The quantitative estimate of drug-likeness (QED) is 0.239. The zero-order chi connectivity index (χ0) is 24.5. The van der Waals surface area contributed by atoms with Crippen molar-refractivity contribution in [3.63, 3.8) is 0 Å². The highest BCUT2D eigenvalue weighted by Gasteiger charge is 2.43.